The molecule has 0 amide bonds. The average molecular weight is 1540 g/mol. The van der Waals surface area contributed by atoms with Gasteiger partial charge in [-0.3, -0.25) is 0 Å². The van der Waals surface area contributed by atoms with Crippen LogP contribution < -0.4 is 4.74 Å². The van der Waals surface area contributed by atoms with Gasteiger partial charge in [-0.2, -0.15) is 0 Å². The Bertz CT molecular complexity index is 2590. The highest BCUT2D eigenvalue weighted by Gasteiger charge is 2.62. The Kier molecular flexibility index (Phi) is 35.7. The van der Waals surface area contributed by atoms with Crippen molar-refractivity contribution in [2.24, 2.45) is 0 Å². The van der Waals surface area contributed by atoms with E-state index in [2.05, 4.69) is 0 Å². The Morgan fingerprint density at radius 3 is 0.538 bits per heavy atom. The van der Waals surface area contributed by atoms with Gasteiger partial charge in [0.05, 0.1) is 60.0 Å². The summed E-state index contributed by atoms with van der Waals surface area (Å²) < 4.78 is 235. The number of ether oxygens (including phenoxy) is 36. The van der Waals surface area contributed by atoms with Crippen molar-refractivity contribution in [3.63, 3.8) is 0 Å². The molecule has 22 rings (SSSR count). The Balaban J connectivity index is 1.16. The molecule has 0 unspecified atom stereocenters. The Hall–Kier alpha value is -2.38. The molecular formula is C70H118O36. The summed E-state index contributed by atoms with van der Waals surface area (Å²) in [6, 6.07) is 7.40. The van der Waals surface area contributed by atoms with Crippen LogP contribution in [0.25, 0.3) is 0 Å². The van der Waals surface area contributed by atoms with Gasteiger partial charge in [0.15, 0.2) is 44.0 Å². The fourth-order valence-electron chi connectivity index (χ4n) is 15.7. The molecule has 1 aromatic rings. The first kappa shape index (κ1) is 87.6. The third kappa shape index (κ3) is 19.5. The van der Waals surface area contributed by atoms with Crippen LogP contribution in [-0.4, -0.2) is 410 Å². The van der Waals surface area contributed by atoms with Gasteiger partial charge in [0.2, 0.25) is 0 Å². The van der Waals surface area contributed by atoms with Gasteiger partial charge in [0, 0.05) is 142 Å². The molecule has 0 aromatic heterocycles. The van der Waals surface area contributed by atoms with E-state index in [1.165, 1.54) is 142 Å². The number of benzene rings is 1. The predicted octanol–water partition coefficient (Wildman–Crippen LogP) is 0.0845. The van der Waals surface area contributed by atoms with E-state index in [0.717, 1.165) is 5.56 Å². The molecule has 36 nitrogen and oxygen atoms in total. The topological polar surface area (TPSA) is 332 Å². The van der Waals surface area contributed by atoms with Crippen molar-refractivity contribution in [3.8, 4) is 5.75 Å². The number of rotatable bonds is 31. The first-order valence-corrected chi connectivity index (χ1v) is 35.4. The quantitative estimate of drug-likeness (QED) is 0.0950. The van der Waals surface area contributed by atoms with Gasteiger partial charge >= 0.3 is 0 Å². The molecule has 14 bridgehead atoms. The van der Waals surface area contributed by atoms with Gasteiger partial charge < -0.3 is 171 Å². The highest BCUT2D eigenvalue weighted by atomic mass is 16.8. The SMILES string of the molecule is COC[C@H]1O[C@@H]2O[C@H]3[C@H](OC)[C@@H](OC)[C@@H](O[C@H]4[C@H](OC)[C@@H](OC)[C@@H](O[C@H]5[C@H](OC)[C@@H](OC)[C@@H](O[C@H]6[C@H](OC)[C@@H](OCc7ccc(OC)cc7)[C@@H](O[C@H]7[C@H](OC)[C@@H](OC)[C@@H](O[C@H]8[C@H](OC)[C@@H](OC)[C@@H](O[C@H]1[C@H](OC)[C@H]2OC)O[C@@H]8COC)O[C@@H]7COC)O[C@@H]6COC)O[C@@H]5COC)O[C@@H]4COC)O[C@@H]3COC. The van der Waals surface area contributed by atoms with Gasteiger partial charge in [0.1, 0.15) is 177 Å². The summed E-state index contributed by atoms with van der Waals surface area (Å²) in [5, 5.41) is 0. The van der Waals surface area contributed by atoms with Gasteiger partial charge in [0.25, 0.3) is 0 Å². The van der Waals surface area contributed by atoms with Crippen molar-refractivity contribution < 1.29 is 171 Å². The third-order valence-electron chi connectivity index (χ3n) is 20.6. The second-order valence-corrected chi connectivity index (χ2v) is 26.4. The Labute approximate surface area is 621 Å². The van der Waals surface area contributed by atoms with Crippen molar-refractivity contribution in [1.29, 1.82) is 0 Å². The molecule has 0 aliphatic carbocycles. The van der Waals surface area contributed by atoms with Crippen LogP contribution in [0.2, 0.25) is 0 Å². The molecule has 0 saturated carbocycles. The van der Waals surface area contributed by atoms with E-state index in [9.17, 15) is 0 Å². The summed E-state index contributed by atoms with van der Waals surface area (Å²) in [7, 11) is 31.8. The normalized spacial score (nSPS) is 43.4. The van der Waals surface area contributed by atoms with E-state index in [-0.39, 0.29) is 52.9 Å². The fraction of sp³-hybridized carbons (Fsp3) is 0.914. The van der Waals surface area contributed by atoms with Gasteiger partial charge in [-0.15, -0.1) is 0 Å². The molecule has 1 aromatic carbocycles. The second kappa shape index (κ2) is 43.2. The second-order valence-electron chi connectivity index (χ2n) is 26.4. The molecule has 21 aliphatic rings. The highest BCUT2D eigenvalue weighted by molar-refractivity contribution is 5.26. The largest absolute Gasteiger partial charge is 0.497 e. The zero-order valence-corrected chi connectivity index (χ0v) is 64.9. The zero-order chi connectivity index (χ0) is 76.3. The van der Waals surface area contributed by atoms with Crippen LogP contribution >= 0.6 is 0 Å². The third-order valence-corrected chi connectivity index (χ3v) is 20.6. The molecule has 35 atom stereocenters. The average Bonchev–Trinajstić information content (AvgIpc) is 0.768. The van der Waals surface area contributed by atoms with E-state index in [1.54, 1.807) is 7.11 Å². The molecule has 36 heteroatoms. The van der Waals surface area contributed by atoms with Gasteiger partial charge in [-0.1, -0.05) is 12.1 Å². The van der Waals surface area contributed by atoms with Crippen molar-refractivity contribution in [2.75, 3.05) is 196 Å². The van der Waals surface area contributed by atoms with Crippen LogP contribution in [0.4, 0.5) is 0 Å². The zero-order valence-electron chi connectivity index (χ0n) is 64.9. The number of hydrogen-bond donors (Lipinski definition) is 0. The number of hydrogen-bond acceptors (Lipinski definition) is 36. The highest BCUT2D eigenvalue weighted by Crippen LogP contribution is 2.43. The summed E-state index contributed by atoms with van der Waals surface area (Å²) in [5.41, 5.74) is 0.773. The minimum atomic E-state index is -1.30. The Morgan fingerprint density at radius 2 is 0.377 bits per heavy atom. The molecule has 0 spiro atoms. The van der Waals surface area contributed by atoms with Gasteiger partial charge in [-0.25, -0.2) is 0 Å². The van der Waals surface area contributed by atoms with E-state index in [4.69, 9.17) is 171 Å². The molecule has 21 saturated heterocycles. The summed E-state index contributed by atoms with van der Waals surface area (Å²) in [6.07, 6.45) is -37.0. The molecular weight excluding hydrogens is 1420 g/mol. The van der Waals surface area contributed by atoms with Crippen LogP contribution in [0.15, 0.2) is 24.3 Å². The lowest BCUT2D eigenvalue weighted by atomic mass is 9.94. The van der Waals surface area contributed by atoms with Crippen molar-refractivity contribution in [3.05, 3.63) is 29.8 Å². The molecule has 614 valence electrons. The smallest absolute Gasteiger partial charge is 0.187 e. The lowest BCUT2D eigenvalue weighted by Gasteiger charge is -2.52. The Morgan fingerprint density at radius 1 is 0.208 bits per heavy atom. The van der Waals surface area contributed by atoms with Crippen LogP contribution in [0.1, 0.15) is 5.56 Å². The van der Waals surface area contributed by atoms with Crippen LogP contribution in [-0.2, 0) is 172 Å². The van der Waals surface area contributed by atoms with Crippen molar-refractivity contribution >= 4 is 0 Å². The van der Waals surface area contributed by atoms with E-state index >= 15 is 0 Å². The summed E-state index contributed by atoms with van der Waals surface area (Å²) in [5.74, 6) is 0.643. The summed E-state index contributed by atoms with van der Waals surface area (Å²) in [6.45, 7) is -0.370. The molecule has 106 heavy (non-hydrogen) atoms. The summed E-state index contributed by atoms with van der Waals surface area (Å²) in [4.78, 5) is 0. The van der Waals surface area contributed by atoms with E-state index < -0.39 is 215 Å². The maximum Gasteiger partial charge on any atom is 0.187 e. The number of methoxy groups -OCH3 is 21. The molecule has 0 N–H and O–H groups in total. The maximum atomic E-state index is 7.24. The van der Waals surface area contributed by atoms with Crippen molar-refractivity contribution in [1.82, 2.24) is 0 Å². The lowest BCUT2D eigenvalue weighted by molar-refractivity contribution is -0.403. The molecule has 0 radical (unpaired) electrons. The molecule has 21 aliphatic heterocycles. The maximum absolute atomic E-state index is 7.24. The molecule has 21 heterocycles. The van der Waals surface area contributed by atoms with E-state index in [1.807, 2.05) is 24.3 Å². The standard InChI is InChI=1S/C70H118O36/c1-71-27-36-43-50(79-9)57(86-16)65(93-36)101-45-38(29-73-3)95-67(59(88-18)52(45)81-11)103-47-40(31-75-5)97-69(61(90-20)54(47)83-13)105-49-42(33-77-7)99-70(63(56(49)85-15)92-26-34-22-24-35(78-8)25-23-34)106-48-41(32-76-6)98-68(62(91-21)55(48)84-14)104-46-39(30-74-4)96-66(60(89-19)53(46)82-12)102-44-37(28-72-2)94-64(100-43)58(87-17)51(44)80-10/h22-25,36-70H,26-33H2,1-21H3/t36-,37-,38-,39-,40-,41-,42-,43-,44-,45-,46-,47-,48-,49-,50+,51+,52+,53+,54+,55+,56+,57-,58-,59-,60-,61-,62-,63-,64-,65-,66-,67-,68-,69-,70-/m1/s1. The van der Waals surface area contributed by atoms with Crippen molar-refractivity contribution in [2.45, 2.75) is 222 Å². The molecule has 21 fully saturated rings. The minimum Gasteiger partial charge on any atom is -0.497 e. The minimum absolute atomic E-state index is 0.0202. The van der Waals surface area contributed by atoms with Crippen LogP contribution in [0, 0.1) is 0 Å². The van der Waals surface area contributed by atoms with E-state index in [0.29, 0.717) is 5.75 Å². The van der Waals surface area contributed by atoms with Gasteiger partial charge in [-0.05, 0) is 17.7 Å². The fourth-order valence-corrected chi connectivity index (χ4v) is 15.7. The van der Waals surface area contributed by atoms with Crippen LogP contribution in [0.5, 0.6) is 5.75 Å². The lowest BCUT2D eigenvalue weighted by Crippen LogP contribution is -2.69. The predicted molar refractivity (Wildman–Crippen MR) is 360 cm³/mol. The van der Waals surface area contributed by atoms with Crippen LogP contribution in [0.3, 0.4) is 0 Å². The first-order valence-electron chi connectivity index (χ1n) is 35.4. The summed E-state index contributed by atoms with van der Waals surface area (Å²) >= 11 is 0. The first-order chi connectivity index (χ1) is 51.6. The monoisotopic (exact) mass is 1530 g/mol.